The summed E-state index contributed by atoms with van der Waals surface area (Å²) in [5, 5.41) is 14.3. The second-order valence-corrected chi connectivity index (χ2v) is 6.31. The summed E-state index contributed by atoms with van der Waals surface area (Å²) in [5.41, 5.74) is 0.211. The number of nitro groups is 1. The van der Waals surface area contributed by atoms with Crippen molar-refractivity contribution in [2.24, 2.45) is 0 Å². The number of rotatable bonds is 4. The molecule has 3 aromatic rings. The van der Waals surface area contributed by atoms with Crippen LogP contribution in [0.15, 0.2) is 42.7 Å². The number of benzene rings is 1. The van der Waals surface area contributed by atoms with Gasteiger partial charge in [0.15, 0.2) is 11.4 Å². The lowest BCUT2D eigenvalue weighted by atomic mass is 10.0. The van der Waals surface area contributed by atoms with Crippen molar-refractivity contribution >= 4 is 23.3 Å². The maximum absolute atomic E-state index is 13.8. The van der Waals surface area contributed by atoms with Crippen LogP contribution in [0.4, 0.5) is 10.2 Å². The molecule has 0 spiro atoms. The van der Waals surface area contributed by atoms with Crippen LogP contribution in [0.5, 0.6) is 11.8 Å². The van der Waals surface area contributed by atoms with E-state index in [-0.39, 0.29) is 34.6 Å². The standard InChI is InChI=1S/C17H11ClFN5O4/c18-12-4-3-9(19)6-11(12)14-15-16(24(26)27)22-17(23(15)8-13(25)21-14)28-10-2-1-5-20-7-10/h1-7,14H,8H2,(H,21,25). The number of aromatic nitrogens is 3. The summed E-state index contributed by atoms with van der Waals surface area (Å²) < 4.78 is 20.6. The first-order valence-corrected chi connectivity index (χ1v) is 8.39. The molecule has 3 heterocycles. The first-order valence-electron chi connectivity index (χ1n) is 8.01. The molecule has 1 N–H and O–H groups in total. The fraction of sp³-hybridized carbons (Fsp3) is 0.118. The predicted octanol–water partition coefficient (Wildman–Crippen LogP) is 2.99. The molecule has 1 atom stereocenters. The van der Waals surface area contributed by atoms with Crippen LogP contribution in [0.25, 0.3) is 0 Å². The van der Waals surface area contributed by atoms with Crippen LogP contribution in [0, 0.1) is 15.9 Å². The summed E-state index contributed by atoms with van der Waals surface area (Å²) in [6, 6.07) is 5.56. The van der Waals surface area contributed by atoms with Gasteiger partial charge in [-0.25, -0.2) is 4.39 Å². The fourth-order valence-corrected chi connectivity index (χ4v) is 3.20. The summed E-state index contributed by atoms with van der Waals surface area (Å²) in [7, 11) is 0. The van der Waals surface area contributed by atoms with Crippen LogP contribution in [0.3, 0.4) is 0 Å². The quantitative estimate of drug-likeness (QED) is 0.529. The van der Waals surface area contributed by atoms with Crippen molar-refractivity contribution in [3.63, 3.8) is 0 Å². The normalized spacial score (nSPS) is 15.6. The zero-order valence-electron chi connectivity index (χ0n) is 14.0. The average Bonchev–Trinajstić information content (AvgIpc) is 3.02. The number of carbonyl (C=O) groups is 1. The van der Waals surface area contributed by atoms with E-state index in [1.165, 1.54) is 23.0 Å². The number of pyridine rings is 1. The SMILES string of the molecule is O=C1Cn2c(Oc3cccnc3)nc([N+](=O)[O-])c2C(c2cc(F)ccc2Cl)N1. The number of hydrogen-bond donors (Lipinski definition) is 1. The number of amides is 1. The zero-order chi connectivity index (χ0) is 19.8. The molecule has 1 aromatic carbocycles. The van der Waals surface area contributed by atoms with Crippen molar-refractivity contribution in [3.8, 4) is 11.8 Å². The van der Waals surface area contributed by atoms with Crippen LogP contribution < -0.4 is 10.1 Å². The summed E-state index contributed by atoms with van der Waals surface area (Å²) >= 11 is 6.16. The zero-order valence-corrected chi connectivity index (χ0v) is 14.8. The molecule has 28 heavy (non-hydrogen) atoms. The fourth-order valence-electron chi connectivity index (χ4n) is 2.97. The van der Waals surface area contributed by atoms with Gasteiger partial charge in [-0.05, 0) is 35.3 Å². The van der Waals surface area contributed by atoms with E-state index in [0.717, 1.165) is 12.1 Å². The highest BCUT2D eigenvalue weighted by atomic mass is 35.5. The molecule has 0 saturated carbocycles. The minimum atomic E-state index is -1.07. The molecule has 142 valence electrons. The summed E-state index contributed by atoms with van der Waals surface area (Å²) in [6.07, 6.45) is 2.93. The number of nitrogens with zero attached hydrogens (tertiary/aromatic N) is 4. The molecule has 1 unspecified atom stereocenters. The predicted molar refractivity (Wildman–Crippen MR) is 94.6 cm³/mol. The third kappa shape index (κ3) is 3.14. The minimum absolute atomic E-state index is 0.0380. The molecule has 0 aliphatic carbocycles. The van der Waals surface area contributed by atoms with Gasteiger partial charge in [-0.1, -0.05) is 11.6 Å². The van der Waals surface area contributed by atoms with Gasteiger partial charge >= 0.3 is 11.8 Å². The van der Waals surface area contributed by atoms with Crippen molar-refractivity contribution in [2.45, 2.75) is 12.6 Å². The number of hydrogen-bond acceptors (Lipinski definition) is 6. The van der Waals surface area contributed by atoms with Gasteiger partial charge in [-0.2, -0.15) is 0 Å². The molecule has 0 radical (unpaired) electrons. The van der Waals surface area contributed by atoms with Gasteiger partial charge in [0, 0.05) is 21.8 Å². The summed E-state index contributed by atoms with van der Waals surface area (Å²) in [4.78, 5) is 31.0. The number of halogens is 2. The van der Waals surface area contributed by atoms with E-state index < -0.39 is 28.5 Å². The Balaban J connectivity index is 1.88. The molecule has 0 saturated heterocycles. The van der Waals surface area contributed by atoms with E-state index >= 15 is 0 Å². The molecule has 1 aliphatic heterocycles. The lowest BCUT2D eigenvalue weighted by Gasteiger charge is -2.25. The Morgan fingerprint density at radius 3 is 2.93 bits per heavy atom. The van der Waals surface area contributed by atoms with E-state index in [1.807, 2.05) is 0 Å². The Labute approximate surface area is 161 Å². The van der Waals surface area contributed by atoms with Gasteiger partial charge in [0.1, 0.15) is 18.4 Å². The Kier molecular flexibility index (Phi) is 4.40. The molecule has 1 amide bonds. The Bertz CT molecular complexity index is 1090. The number of fused-ring (bicyclic) bond motifs is 1. The minimum Gasteiger partial charge on any atom is -0.405 e. The second-order valence-electron chi connectivity index (χ2n) is 5.90. The largest absolute Gasteiger partial charge is 0.420 e. The van der Waals surface area contributed by atoms with Gasteiger partial charge in [0.25, 0.3) is 0 Å². The van der Waals surface area contributed by atoms with Gasteiger partial charge in [0.2, 0.25) is 5.91 Å². The summed E-state index contributed by atoms with van der Waals surface area (Å²) in [6.45, 7) is -0.255. The molecule has 0 bridgehead atoms. The lowest BCUT2D eigenvalue weighted by molar-refractivity contribution is -0.390. The Hall–Kier alpha value is -3.53. The van der Waals surface area contributed by atoms with Gasteiger partial charge in [-0.3, -0.25) is 14.3 Å². The van der Waals surface area contributed by atoms with Crippen molar-refractivity contribution in [2.75, 3.05) is 0 Å². The highest BCUT2D eigenvalue weighted by Gasteiger charge is 2.40. The average molecular weight is 404 g/mol. The number of carbonyl (C=O) groups excluding carboxylic acids is 1. The second kappa shape index (κ2) is 6.89. The lowest BCUT2D eigenvalue weighted by Crippen LogP contribution is -2.39. The van der Waals surface area contributed by atoms with Crippen LogP contribution in [0.2, 0.25) is 5.02 Å². The number of imidazole rings is 1. The smallest absolute Gasteiger partial charge is 0.405 e. The molecular weight excluding hydrogens is 393 g/mol. The third-order valence-electron chi connectivity index (χ3n) is 4.12. The molecule has 11 heteroatoms. The molecule has 0 fully saturated rings. The van der Waals surface area contributed by atoms with E-state index in [0.29, 0.717) is 0 Å². The maximum Gasteiger partial charge on any atom is 0.420 e. The third-order valence-corrected chi connectivity index (χ3v) is 4.46. The van der Waals surface area contributed by atoms with E-state index in [1.54, 1.807) is 12.1 Å². The van der Waals surface area contributed by atoms with E-state index in [4.69, 9.17) is 16.3 Å². The topological polar surface area (TPSA) is 112 Å². The summed E-state index contributed by atoms with van der Waals surface area (Å²) in [5.74, 6) is -1.29. The monoisotopic (exact) mass is 403 g/mol. The Morgan fingerprint density at radius 2 is 2.21 bits per heavy atom. The first-order chi connectivity index (χ1) is 13.4. The van der Waals surface area contributed by atoms with E-state index in [9.17, 15) is 19.3 Å². The number of nitrogens with one attached hydrogen (secondary N) is 1. The van der Waals surface area contributed by atoms with Gasteiger partial charge in [0.05, 0.1) is 6.20 Å². The van der Waals surface area contributed by atoms with Crippen LogP contribution >= 0.6 is 11.6 Å². The van der Waals surface area contributed by atoms with Gasteiger partial charge in [-0.15, -0.1) is 0 Å². The first kappa shape index (κ1) is 17.9. The van der Waals surface area contributed by atoms with Crippen LogP contribution in [0.1, 0.15) is 17.3 Å². The van der Waals surface area contributed by atoms with Crippen molar-refractivity contribution < 1.29 is 18.8 Å². The molecule has 4 rings (SSSR count). The molecular formula is C17H11ClFN5O4. The molecule has 9 nitrogen and oxygen atoms in total. The Morgan fingerprint density at radius 1 is 1.39 bits per heavy atom. The molecule has 2 aromatic heterocycles. The van der Waals surface area contributed by atoms with Crippen LogP contribution in [-0.4, -0.2) is 25.4 Å². The molecule has 1 aliphatic rings. The number of ether oxygens (including phenoxy) is 1. The van der Waals surface area contributed by atoms with Crippen molar-refractivity contribution in [1.29, 1.82) is 0 Å². The highest BCUT2D eigenvalue weighted by Crippen LogP contribution is 2.39. The maximum atomic E-state index is 13.8. The van der Waals surface area contributed by atoms with Crippen molar-refractivity contribution in [3.05, 3.63) is 74.9 Å². The highest BCUT2D eigenvalue weighted by molar-refractivity contribution is 6.31. The van der Waals surface area contributed by atoms with Crippen LogP contribution in [-0.2, 0) is 11.3 Å². The van der Waals surface area contributed by atoms with E-state index in [2.05, 4.69) is 15.3 Å². The van der Waals surface area contributed by atoms with Gasteiger partial charge < -0.3 is 20.2 Å². The van der Waals surface area contributed by atoms with Crippen molar-refractivity contribution in [1.82, 2.24) is 19.9 Å².